The van der Waals surface area contributed by atoms with Gasteiger partial charge in [-0.1, -0.05) is 39.0 Å². The molecule has 0 aliphatic rings. The summed E-state index contributed by atoms with van der Waals surface area (Å²) in [5, 5.41) is 17.2. The second-order valence-corrected chi connectivity index (χ2v) is 7.11. The summed E-state index contributed by atoms with van der Waals surface area (Å²) in [6.07, 6.45) is 12.7. The molecule has 3 heteroatoms. The summed E-state index contributed by atoms with van der Waals surface area (Å²) in [7, 11) is -0.0419. The molecule has 0 amide bonds. The van der Waals surface area contributed by atoms with Crippen LogP contribution in [0.3, 0.4) is 0 Å². The molecule has 0 N–H and O–H groups in total. The van der Waals surface area contributed by atoms with Crippen LogP contribution in [0.2, 0.25) is 0 Å². The molecule has 0 atom stereocenters. The lowest BCUT2D eigenvalue weighted by Gasteiger charge is -2.14. The Morgan fingerprint density at radius 1 is 0.765 bits per heavy atom. The van der Waals surface area contributed by atoms with Crippen LogP contribution >= 0.6 is 7.92 Å². The van der Waals surface area contributed by atoms with E-state index in [1.807, 2.05) is 0 Å². The molecule has 0 aromatic heterocycles. The van der Waals surface area contributed by atoms with E-state index in [0.717, 1.165) is 12.3 Å². The molecule has 0 aliphatic carbocycles. The minimum atomic E-state index is -0.0419. The molecule has 0 unspecified atom stereocenters. The first kappa shape index (κ1) is 16.4. The van der Waals surface area contributed by atoms with E-state index in [2.05, 4.69) is 19.1 Å². The Morgan fingerprint density at radius 2 is 1.29 bits per heavy atom. The SMILES string of the molecule is CCCCCCCCP(CCC#N)CCC#N. The van der Waals surface area contributed by atoms with Gasteiger partial charge >= 0.3 is 0 Å². The number of hydrogen-bond donors (Lipinski definition) is 0. The summed E-state index contributed by atoms with van der Waals surface area (Å²) in [6, 6.07) is 4.45. The van der Waals surface area contributed by atoms with Crippen molar-refractivity contribution in [2.24, 2.45) is 0 Å². The maximum atomic E-state index is 8.60. The van der Waals surface area contributed by atoms with Crippen molar-refractivity contribution in [1.82, 2.24) is 0 Å². The van der Waals surface area contributed by atoms with Gasteiger partial charge in [0.25, 0.3) is 0 Å². The lowest BCUT2D eigenvalue weighted by Crippen LogP contribution is -1.95. The van der Waals surface area contributed by atoms with E-state index in [1.54, 1.807) is 0 Å². The molecular formula is C14H25N2P. The van der Waals surface area contributed by atoms with Gasteiger partial charge in [0.2, 0.25) is 0 Å². The number of nitrogens with zero attached hydrogens (tertiary/aromatic N) is 2. The van der Waals surface area contributed by atoms with Crippen LogP contribution in [0.15, 0.2) is 0 Å². The van der Waals surface area contributed by atoms with Crippen LogP contribution in [0.1, 0.15) is 58.3 Å². The van der Waals surface area contributed by atoms with E-state index in [9.17, 15) is 0 Å². The third-order valence-corrected chi connectivity index (χ3v) is 5.57. The molecule has 0 saturated carbocycles. The molecular weight excluding hydrogens is 227 g/mol. The van der Waals surface area contributed by atoms with Gasteiger partial charge in [-0.05, 0) is 24.9 Å². The molecule has 0 heterocycles. The van der Waals surface area contributed by atoms with Crippen LogP contribution < -0.4 is 0 Å². The predicted molar refractivity (Wildman–Crippen MR) is 75.4 cm³/mol. The fraction of sp³-hybridized carbons (Fsp3) is 0.857. The van der Waals surface area contributed by atoms with E-state index < -0.39 is 0 Å². The van der Waals surface area contributed by atoms with Gasteiger partial charge in [-0.25, -0.2) is 0 Å². The summed E-state index contributed by atoms with van der Waals surface area (Å²) in [4.78, 5) is 0. The standard InChI is InChI=1S/C14H25N2P/c1-2-3-4-5-6-7-12-17(13-8-10-15)14-9-11-16/h2-9,12-14H2,1H3. The average Bonchev–Trinajstić information content (AvgIpc) is 2.35. The van der Waals surface area contributed by atoms with E-state index in [-0.39, 0.29) is 7.92 Å². The first-order valence-electron chi connectivity index (χ1n) is 6.81. The van der Waals surface area contributed by atoms with Gasteiger partial charge < -0.3 is 0 Å². The number of rotatable bonds is 11. The maximum absolute atomic E-state index is 8.60. The third kappa shape index (κ3) is 11.7. The minimum absolute atomic E-state index is 0.0419. The van der Waals surface area contributed by atoms with Crippen molar-refractivity contribution >= 4 is 7.92 Å². The zero-order valence-electron chi connectivity index (χ0n) is 11.1. The minimum Gasteiger partial charge on any atom is -0.198 e. The molecule has 0 rings (SSSR count). The maximum Gasteiger partial charge on any atom is 0.0625 e. The molecule has 96 valence electrons. The van der Waals surface area contributed by atoms with E-state index in [0.29, 0.717) is 12.8 Å². The van der Waals surface area contributed by atoms with Gasteiger partial charge in [0, 0.05) is 12.8 Å². The topological polar surface area (TPSA) is 47.6 Å². The average molecular weight is 252 g/mol. The van der Waals surface area contributed by atoms with Gasteiger partial charge in [-0.15, -0.1) is 7.92 Å². The first-order valence-corrected chi connectivity index (χ1v) is 8.71. The summed E-state index contributed by atoms with van der Waals surface area (Å²) in [5.41, 5.74) is 0. The highest BCUT2D eigenvalue weighted by atomic mass is 31.1. The number of hydrogen-bond acceptors (Lipinski definition) is 2. The van der Waals surface area contributed by atoms with E-state index in [4.69, 9.17) is 10.5 Å². The molecule has 0 aliphatic heterocycles. The first-order chi connectivity index (χ1) is 8.35. The lowest BCUT2D eigenvalue weighted by atomic mass is 10.1. The molecule has 0 aromatic rings. The molecule has 0 radical (unpaired) electrons. The third-order valence-electron chi connectivity index (χ3n) is 2.91. The summed E-state index contributed by atoms with van der Waals surface area (Å²) in [6.45, 7) is 2.24. The molecule has 0 saturated heterocycles. The zero-order chi connectivity index (χ0) is 12.8. The zero-order valence-corrected chi connectivity index (χ0v) is 12.0. The van der Waals surface area contributed by atoms with Crippen LogP contribution in [0.5, 0.6) is 0 Å². The van der Waals surface area contributed by atoms with Crippen LogP contribution in [-0.2, 0) is 0 Å². The molecule has 17 heavy (non-hydrogen) atoms. The smallest absolute Gasteiger partial charge is 0.0625 e. The number of nitriles is 2. The van der Waals surface area contributed by atoms with Gasteiger partial charge in [0.05, 0.1) is 12.1 Å². The molecule has 0 bridgehead atoms. The summed E-state index contributed by atoms with van der Waals surface area (Å²) >= 11 is 0. The highest BCUT2D eigenvalue weighted by molar-refractivity contribution is 7.57. The van der Waals surface area contributed by atoms with Crippen LogP contribution in [0.25, 0.3) is 0 Å². The van der Waals surface area contributed by atoms with E-state index in [1.165, 1.54) is 44.7 Å². The molecule has 0 aromatic carbocycles. The molecule has 0 spiro atoms. The summed E-state index contributed by atoms with van der Waals surface area (Å²) < 4.78 is 0. The van der Waals surface area contributed by atoms with Crippen LogP contribution in [0, 0.1) is 22.7 Å². The largest absolute Gasteiger partial charge is 0.198 e. The van der Waals surface area contributed by atoms with Gasteiger partial charge in [-0.3, -0.25) is 0 Å². The monoisotopic (exact) mass is 252 g/mol. The van der Waals surface area contributed by atoms with Crippen molar-refractivity contribution in [3.8, 4) is 12.1 Å². The van der Waals surface area contributed by atoms with Crippen molar-refractivity contribution < 1.29 is 0 Å². The van der Waals surface area contributed by atoms with Crippen molar-refractivity contribution in [3.05, 3.63) is 0 Å². The molecule has 2 nitrogen and oxygen atoms in total. The Bertz CT molecular complexity index is 222. The van der Waals surface area contributed by atoms with Crippen LogP contribution in [0.4, 0.5) is 0 Å². The summed E-state index contributed by atoms with van der Waals surface area (Å²) in [5.74, 6) is 0. The predicted octanol–water partition coefficient (Wildman–Crippen LogP) is 4.66. The highest BCUT2D eigenvalue weighted by Gasteiger charge is 2.06. The Hall–Kier alpha value is -0.590. The van der Waals surface area contributed by atoms with Gasteiger partial charge in [0.15, 0.2) is 0 Å². The second-order valence-electron chi connectivity index (χ2n) is 4.43. The highest BCUT2D eigenvalue weighted by Crippen LogP contribution is 2.37. The molecule has 0 fully saturated rings. The Morgan fingerprint density at radius 3 is 1.82 bits per heavy atom. The van der Waals surface area contributed by atoms with Crippen molar-refractivity contribution in [1.29, 1.82) is 10.5 Å². The van der Waals surface area contributed by atoms with Crippen LogP contribution in [-0.4, -0.2) is 18.5 Å². The van der Waals surface area contributed by atoms with Crippen molar-refractivity contribution in [2.75, 3.05) is 18.5 Å². The Balaban J connectivity index is 3.54. The Labute approximate surface area is 108 Å². The van der Waals surface area contributed by atoms with Gasteiger partial charge in [-0.2, -0.15) is 10.5 Å². The number of unbranched alkanes of at least 4 members (excludes halogenated alkanes) is 5. The Kier molecular flexibility index (Phi) is 13.0. The van der Waals surface area contributed by atoms with Crippen molar-refractivity contribution in [3.63, 3.8) is 0 Å². The van der Waals surface area contributed by atoms with E-state index >= 15 is 0 Å². The quantitative estimate of drug-likeness (QED) is 0.396. The second kappa shape index (κ2) is 13.5. The van der Waals surface area contributed by atoms with Crippen molar-refractivity contribution in [2.45, 2.75) is 58.3 Å². The lowest BCUT2D eigenvalue weighted by molar-refractivity contribution is 0.626. The fourth-order valence-corrected chi connectivity index (χ4v) is 4.04. The normalized spacial score (nSPS) is 10.1. The van der Waals surface area contributed by atoms with Gasteiger partial charge in [0.1, 0.15) is 0 Å². The fourth-order valence-electron chi connectivity index (χ4n) is 1.87.